The summed E-state index contributed by atoms with van der Waals surface area (Å²) in [7, 11) is -1.55. The van der Waals surface area contributed by atoms with Gasteiger partial charge < -0.3 is 19.1 Å². The van der Waals surface area contributed by atoms with Crippen molar-refractivity contribution in [3.8, 4) is 11.5 Å². The number of hydrogen-bond donors (Lipinski definition) is 1. The fourth-order valence-electron chi connectivity index (χ4n) is 3.87. The Morgan fingerprint density at radius 1 is 1.12 bits per heavy atom. The second-order valence-corrected chi connectivity index (χ2v) is 11.0. The first kappa shape index (κ1) is 25.3. The van der Waals surface area contributed by atoms with E-state index in [0.29, 0.717) is 33.3 Å². The molecule has 2 aromatic rings. The predicted molar refractivity (Wildman–Crippen MR) is 126 cm³/mol. The van der Waals surface area contributed by atoms with E-state index in [9.17, 15) is 17.8 Å². The van der Waals surface area contributed by atoms with Gasteiger partial charge in [0.2, 0.25) is 0 Å². The lowest BCUT2D eigenvalue weighted by Crippen LogP contribution is -2.46. The van der Waals surface area contributed by atoms with Crippen LogP contribution in [0.4, 0.5) is 5.69 Å². The molecule has 10 heteroatoms. The minimum absolute atomic E-state index is 0.285. The summed E-state index contributed by atoms with van der Waals surface area (Å²) >= 11 is 6.32. The summed E-state index contributed by atoms with van der Waals surface area (Å²) in [6.07, 6.45) is -2.39. The Bertz CT molecular complexity index is 1140. The predicted octanol–water partition coefficient (Wildman–Crippen LogP) is 4.11. The number of anilines is 1. The second kappa shape index (κ2) is 9.50. The van der Waals surface area contributed by atoms with Gasteiger partial charge in [0.25, 0.3) is 16.0 Å². The van der Waals surface area contributed by atoms with E-state index >= 15 is 0 Å². The zero-order valence-corrected chi connectivity index (χ0v) is 20.7. The third-order valence-corrected chi connectivity index (χ3v) is 6.07. The summed E-state index contributed by atoms with van der Waals surface area (Å²) in [5.41, 5.74) is 1.30. The monoisotopic (exact) mass is 497 g/mol. The maximum absolute atomic E-state index is 13.5. The van der Waals surface area contributed by atoms with Crippen LogP contribution in [0.3, 0.4) is 0 Å². The van der Waals surface area contributed by atoms with Crippen molar-refractivity contribution in [2.75, 3.05) is 31.4 Å². The molecule has 1 aliphatic heterocycles. The zero-order valence-electron chi connectivity index (χ0n) is 19.2. The number of methoxy groups -OCH3 is 2. The highest BCUT2D eigenvalue weighted by Gasteiger charge is 2.40. The molecule has 0 spiro atoms. The first-order valence-corrected chi connectivity index (χ1v) is 12.3. The quantitative estimate of drug-likeness (QED) is 0.599. The van der Waals surface area contributed by atoms with E-state index in [1.54, 1.807) is 36.4 Å². The number of para-hydroxylation sites is 1. The molecule has 0 bridgehead atoms. The van der Waals surface area contributed by atoms with E-state index in [2.05, 4.69) is 0 Å². The molecule has 33 heavy (non-hydrogen) atoms. The van der Waals surface area contributed by atoms with Crippen LogP contribution in [-0.2, 0) is 19.6 Å². The van der Waals surface area contributed by atoms with Gasteiger partial charge in [0.1, 0.15) is 11.9 Å². The van der Waals surface area contributed by atoms with E-state index < -0.39 is 34.0 Å². The number of rotatable bonds is 6. The zero-order chi connectivity index (χ0) is 24.6. The van der Waals surface area contributed by atoms with Gasteiger partial charge in [-0.25, -0.2) is 0 Å². The summed E-state index contributed by atoms with van der Waals surface area (Å²) in [6.45, 7) is 6.17. The lowest BCUT2D eigenvalue weighted by molar-refractivity contribution is -0.130. The van der Waals surface area contributed by atoms with E-state index in [1.807, 2.05) is 20.8 Å². The van der Waals surface area contributed by atoms with Crippen LogP contribution >= 0.6 is 11.6 Å². The van der Waals surface area contributed by atoms with E-state index in [1.165, 1.54) is 19.1 Å². The Kier molecular flexibility index (Phi) is 7.28. The van der Waals surface area contributed by atoms with Crippen LogP contribution in [-0.4, -0.2) is 51.5 Å². The normalized spacial score (nSPS) is 19.1. The van der Waals surface area contributed by atoms with Crippen molar-refractivity contribution in [1.82, 2.24) is 0 Å². The maximum Gasteiger partial charge on any atom is 0.267 e. The molecule has 0 radical (unpaired) electrons. The summed E-state index contributed by atoms with van der Waals surface area (Å²) in [6, 6.07) is 10.2. The average molecular weight is 498 g/mol. The molecule has 0 aliphatic carbocycles. The van der Waals surface area contributed by atoms with Crippen LogP contribution in [0, 0.1) is 5.41 Å². The van der Waals surface area contributed by atoms with Gasteiger partial charge in [-0.1, -0.05) is 44.5 Å². The Labute approximate surface area is 199 Å². The number of ether oxygens (including phenoxy) is 3. The Morgan fingerprint density at radius 3 is 2.39 bits per heavy atom. The van der Waals surface area contributed by atoms with Crippen LogP contribution in [0.15, 0.2) is 36.4 Å². The molecule has 1 N–H and O–H groups in total. The molecule has 2 atom stereocenters. The molecular formula is C23H28ClNO7S. The van der Waals surface area contributed by atoms with Crippen LogP contribution in [0.2, 0.25) is 5.02 Å². The Hall–Kier alpha value is -2.33. The van der Waals surface area contributed by atoms with Gasteiger partial charge in [0.05, 0.1) is 14.2 Å². The first-order valence-electron chi connectivity index (χ1n) is 10.3. The van der Waals surface area contributed by atoms with Crippen molar-refractivity contribution in [3.05, 3.63) is 52.5 Å². The number of nitrogens with zero attached hydrogens (tertiary/aromatic N) is 1. The lowest BCUT2D eigenvalue weighted by atomic mass is 9.94. The number of hydrogen-bond acceptors (Lipinski definition) is 6. The largest absolute Gasteiger partial charge is 0.493 e. The van der Waals surface area contributed by atoms with Crippen molar-refractivity contribution >= 4 is 33.3 Å². The molecule has 1 aliphatic rings. The van der Waals surface area contributed by atoms with Gasteiger partial charge in [0.15, 0.2) is 17.6 Å². The Balaban J connectivity index is 2.29. The number of fused-ring (bicyclic) bond motifs is 1. The van der Waals surface area contributed by atoms with Gasteiger partial charge in [-0.15, -0.1) is 0 Å². The van der Waals surface area contributed by atoms with Crippen molar-refractivity contribution in [2.24, 2.45) is 5.41 Å². The third kappa shape index (κ3) is 5.78. The third-order valence-electron chi connectivity index (χ3n) is 5.11. The molecular weight excluding hydrogens is 470 g/mol. The molecule has 3 rings (SSSR count). The van der Waals surface area contributed by atoms with E-state index in [-0.39, 0.29) is 12.0 Å². The molecule has 1 amide bonds. The van der Waals surface area contributed by atoms with E-state index in [0.717, 1.165) is 0 Å². The maximum atomic E-state index is 13.5. The second-order valence-electron chi connectivity index (χ2n) is 9.02. The summed E-state index contributed by atoms with van der Waals surface area (Å²) in [4.78, 5) is 15.0. The molecule has 2 aromatic carbocycles. The van der Waals surface area contributed by atoms with Crippen molar-refractivity contribution in [3.63, 3.8) is 0 Å². The van der Waals surface area contributed by atoms with Gasteiger partial charge >= 0.3 is 0 Å². The molecule has 0 saturated heterocycles. The molecule has 1 heterocycles. The molecule has 0 saturated carbocycles. The molecule has 0 aromatic heterocycles. The first-order chi connectivity index (χ1) is 15.3. The lowest BCUT2D eigenvalue weighted by Gasteiger charge is -2.31. The molecule has 0 fully saturated rings. The van der Waals surface area contributed by atoms with Crippen LogP contribution in [0.1, 0.15) is 38.0 Å². The van der Waals surface area contributed by atoms with Crippen LogP contribution < -0.4 is 14.4 Å². The number of halogens is 1. The summed E-state index contributed by atoms with van der Waals surface area (Å²) in [5, 5.41) is 0.417. The number of benzene rings is 2. The smallest absolute Gasteiger partial charge is 0.267 e. The minimum Gasteiger partial charge on any atom is -0.493 e. The highest BCUT2D eigenvalue weighted by molar-refractivity contribution is 7.85. The van der Waals surface area contributed by atoms with Crippen LogP contribution in [0.5, 0.6) is 11.5 Å². The number of carbonyl (C=O) groups is 1. The summed E-state index contributed by atoms with van der Waals surface area (Å²) < 4.78 is 50.2. The highest BCUT2D eigenvalue weighted by atomic mass is 35.5. The number of carbonyl (C=O) groups excluding carboxylic acids is 1. The molecule has 0 unspecified atom stereocenters. The van der Waals surface area contributed by atoms with Crippen LogP contribution in [0.25, 0.3) is 0 Å². The number of amides is 1. The van der Waals surface area contributed by atoms with Gasteiger partial charge in [-0.05, 0) is 29.7 Å². The van der Waals surface area contributed by atoms with Crippen molar-refractivity contribution < 1.29 is 32.0 Å². The minimum atomic E-state index is -4.52. The average Bonchev–Trinajstić information content (AvgIpc) is 2.81. The molecule has 180 valence electrons. The summed E-state index contributed by atoms with van der Waals surface area (Å²) in [5.74, 6) is -0.652. The fraction of sp³-hybridized carbons (Fsp3) is 0.435. The molecule has 8 nitrogen and oxygen atoms in total. The topological polar surface area (TPSA) is 102 Å². The highest BCUT2D eigenvalue weighted by Crippen LogP contribution is 2.45. The standard InChI is InChI=1S/C23H28ClNO7S/c1-23(2,3)13-25-17-10-9-14(24)11-16(17)20(32-19(22(25)26)12-33(27,28)29)15-7-6-8-18(30-4)21(15)31-5/h6-11,19-20H,12-13H2,1-5H3,(H,27,28,29)/t19-,20-/m1/s1. The van der Waals surface area contributed by atoms with Gasteiger partial charge in [-0.3, -0.25) is 9.35 Å². The SMILES string of the molecule is COc1cccc([C@H]2O[C@H](CS(=O)(=O)O)C(=O)N(CC(C)(C)C)c3ccc(Cl)cc32)c1OC. The van der Waals surface area contributed by atoms with Gasteiger partial charge in [-0.2, -0.15) is 8.42 Å². The fourth-order valence-corrected chi connectivity index (χ4v) is 4.65. The van der Waals surface area contributed by atoms with Crippen molar-refractivity contribution in [2.45, 2.75) is 33.0 Å². The van der Waals surface area contributed by atoms with Crippen molar-refractivity contribution in [1.29, 1.82) is 0 Å². The van der Waals surface area contributed by atoms with E-state index in [4.69, 9.17) is 25.8 Å². The Morgan fingerprint density at radius 2 is 1.82 bits per heavy atom. The van der Waals surface area contributed by atoms with Gasteiger partial charge in [0, 0.05) is 28.4 Å².